The van der Waals surface area contributed by atoms with Crippen molar-refractivity contribution in [2.45, 2.75) is 33.1 Å². The number of nitrogens with zero attached hydrogens (tertiary/aromatic N) is 3. The summed E-state index contributed by atoms with van der Waals surface area (Å²) in [6.45, 7) is 9.34. The summed E-state index contributed by atoms with van der Waals surface area (Å²) in [5.74, 6) is 4.32. The van der Waals surface area contributed by atoms with Crippen LogP contribution in [0.15, 0.2) is 53.7 Å². The average molecular weight is 404 g/mol. The maximum atomic E-state index is 6.53. The van der Waals surface area contributed by atoms with Crippen molar-refractivity contribution in [3.05, 3.63) is 81.9 Å². The number of hydrogen-bond acceptors (Lipinski definition) is 2. The zero-order valence-electron chi connectivity index (χ0n) is 16.5. The molecule has 2 heterocycles. The Labute approximate surface area is 172 Å². The van der Waals surface area contributed by atoms with Gasteiger partial charge in [0.25, 0.3) is 0 Å². The van der Waals surface area contributed by atoms with E-state index in [0.717, 1.165) is 39.6 Å². The first-order valence-corrected chi connectivity index (χ1v) is 13.2. The minimum absolute atomic E-state index is 0.562. The van der Waals surface area contributed by atoms with Crippen LogP contribution in [0.4, 0.5) is 0 Å². The topological polar surface area (TPSA) is 30.2 Å². The lowest BCUT2D eigenvalue weighted by molar-refractivity contribution is 0.889. The summed E-state index contributed by atoms with van der Waals surface area (Å²) >= 11 is 6.53. The fourth-order valence-electron chi connectivity index (χ4n) is 3.32. The van der Waals surface area contributed by atoms with Gasteiger partial charge in [-0.05, 0) is 31.2 Å². The van der Waals surface area contributed by atoms with Crippen LogP contribution in [0.1, 0.15) is 28.2 Å². The molecule has 5 heteroatoms. The molecule has 0 atom stereocenters. The predicted octanol–water partition coefficient (Wildman–Crippen LogP) is 5.41. The maximum absolute atomic E-state index is 6.53. The summed E-state index contributed by atoms with van der Waals surface area (Å²) < 4.78 is 2.18. The van der Waals surface area contributed by atoms with E-state index in [0.29, 0.717) is 11.6 Å². The normalized spacial score (nSPS) is 13.0. The third-order valence-corrected chi connectivity index (χ3v) is 5.82. The molecule has 4 rings (SSSR count). The van der Waals surface area contributed by atoms with Crippen molar-refractivity contribution in [2.24, 2.45) is 4.99 Å². The molecule has 0 unspecified atom stereocenters. The Morgan fingerprint density at radius 3 is 2.61 bits per heavy atom. The van der Waals surface area contributed by atoms with Gasteiger partial charge in [0.15, 0.2) is 0 Å². The molecule has 0 spiro atoms. The van der Waals surface area contributed by atoms with Crippen LogP contribution < -0.4 is 0 Å². The molecular weight excluding hydrogens is 382 g/mol. The molecule has 1 aliphatic rings. The van der Waals surface area contributed by atoms with E-state index < -0.39 is 8.07 Å². The molecule has 3 nitrogen and oxygen atoms in total. The van der Waals surface area contributed by atoms with Crippen molar-refractivity contribution in [2.75, 3.05) is 0 Å². The van der Waals surface area contributed by atoms with E-state index >= 15 is 0 Å². The Morgan fingerprint density at radius 2 is 1.86 bits per heavy atom. The van der Waals surface area contributed by atoms with Gasteiger partial charge in [-0.25, -0.2) is 4.98 Å². The quantitative estimate of drug-likeness (QED) is 0.394. The highest BCUT2D eigenvalue weighted by Gasteiger charge is 2.22. The molecular formula is C23H22ClN3Si. The predicted molar refractivity (Wildman–Crippen MR) is 119 cm³/mol. The van der Waals surface area contributed by atoms with E-state index in [1.807, 2.05) is 37.4 Å². The van der Waals surface area contributed by atoms with Crippen molar-refractivity contribution < 1.29 is 0 Å². The number of aromatic nitrogens is 2. The second-order valence-electron chi connectivity index (χ2n) is 8.01. The van der Waals surface area contributed by atoms with Crippen LogP contribution >= 0.6 is 11.6 Å². The third-order valence-electron chi connectivity index (χ3n) is 4.61. The van der Waals surface area contributed by atoms with Gasteiger partial charge in [-0.2, -0.15) is 0 Å². The van der Waals surface area contributed by atoms with Crippen LogP contribution in [0.5, 0.6) is 0 Å². The smallest absolute Gasteiger partial charge is 0.129 e. The average Bonchev–Trinajstić information content (AvgIpc) is 2.93. The van der Waals surface area contributed by atoms with E-state index in [-0.39, 0.29) is 0 Å². The van der Waals surface area contributed by atoms with Gasteiger partial charge in [0.1, 0.15) is 13.9 Å². The number of benzene rings is 2. The Morgan fingerprint density at radius 1 is 1.07 bits per heavy atom. The zero-order chi connectivity index (χ0) is 19.9. The Bertz CT molecular complexity index is 1160. The number of halogens is 1. The molecule has 0 fully saturated rings. The molecule has 1 aromatic heterocycles. The van der Waals surface area contributed by atoms with E-state index in [2.05, 4.69) is 58.9 Å². The van der Waals surface area contributed by atoms with E-state index in [1.54, 1.807) is 0 Å². The van der Waals surface area contributed by atoms with Crippen molar-refractivity contribution in [1.29, 1.82) is 0 Å². The summed E-state index contributed by atoms with van der Waals surface area (Å²) in [5.41, 5.74) is 9.48. The molecule has 3 aromatic rings. The highest BCUT2D eigenvalue weighted by molar-refractivity contribution is 6.83. The number of hydrogen-bond donors (Lipinski definition) is 0. The number of aliphatic imine (C=N–C) groups is 1. The lowest BCUT2D eigenvalue weighted by Crippen LogP contribution is -2.16. The molecule has 0 bridgehead atoms. The molecule has 0 N–H and O–H groups in total. The van der Waals surface area contributed by atoms with E-state index in [4.69, 9.17) is 16.6 Å². The molecule has 1 aliphatic heterocycles. The molecule has 28 heavy (non-hydrogen) atoms. The highest BCUT2D eigenvalue weighted by Crippen LogP contribution is 2.29. The minimum Gasteiger partial charge on any atom is -0.298 e. The monoisotopic (exact) mass is 403 g/mol. The van der Waals surface area contributed by atoms with Crippen LogP contribution in [-0.2, 0) is 6.54 Å². The Hall–Kier alpha value is -2.61. The van der Waals surface area contributed by atoms with Gasteiger partial charge >= 0.3 is 0 Å². The molecule has 140 valence electrons. The Kier molecular flexibility index (Phi) is 4.74. The van der Waals surface area contributed by atoms with Crippen molar-refractivity contribution >= 4 is 25.4 Å². The van der Waals surface area contributed by atoms with Crippen LogP contribution in [0, 0.1) is 18.4 Å². The summed E-state index contributed by atoms with van der Waals surface area (Å²) in [6.07, 6.45) is 1.90. The van der Waals surface area contributed by atoms with Gasteiger partial charge < -0.3 is 0 Å². The molecule has 0 radical (unpaired) electrons. The van der Waals surface area contributed by atoms with Gasteiger partial charge in [-0.1, -0.05) is 55.4 Å². The molecule has 2 aromatic carbocycles. The summed E-state index contributed by atoms with van der Waals surface area (Å²) in [5, 5.41) is 0.701. The molecule has 0 aliphatic carbocycles. The van der Waals surface area contributed by atoms with Crippen LogP contribution in [0.3, 0.4) is 0 Å². The second kappa shape index (κ2) is 7.09. The minimum atomic E-state index is -1.46. The van der Waals surface area contributed by atoms with Crippen LogP contribution in [-0.4, -0.2) is 23.3 Å². The van der Waals surface area contributed by atoms with Gasteiger partial charge in [-0.15, -0.1) is 5.54 Å². The largest absolute Gasteiger partial charge is 0.298 e. The molecule has 0 saturated heterocycles. The first-order chi connectivity index (χ1) is 13.3. The fraction of sp³-hybridized carbons (Fsp3) is 0.217. The van der Waals surface area contributed by atoms with Crippen molar-refractivity contribution in [3.8, 4) is 17.2 Å². The van der Waals surface area contributed by atoms with Crippen molar-refractivity contribution in [3.63, 3.8) is 0 Å². The summed E-state index contributed by atoms with van der Waals surface area (Å²) in [4.78, 5) is 9.42. The SMILES string of the molecule is Cc1ncc2n1-c1ccc(C#C[Si](C)(C)C)cc1C(c1ccccc1Cl)=NC2. The van der Waals surface area contributed by atoms with E-state index in [9.17, 15) is 0 Å². The molecule has 0 amide bonds. The van der Waals surface area contributed by atoms with Gasteiger partial charge in [0.05, 0.1) is 29.8 Å². The number of fused-ring (bicyclic) bond motifs is 3. The van der Waals surface area contributed by atoms with E-state index in [1.165, 1.54) is 0 Å². The summed E-state index contributed by atoms with van der Waals surface area (Å²) in [6, 6.07) is 14.2. The lowest BCUT2D eigenvalue weighted by Gasteiger charge is -2.14. The maximum Gasteiger partial charge on any atom is 0.129 e. The first-order valence-electron chi connectivity index (χ1n) is 9.34. The highest BCUT2D eigenvalue weighted by atomic mass is 35.5. The zero-order valence-corrected chi connectivity index (χ0v) is 18.3. The standard InChI is InChI=1S/C23H22ClN3Si/c1-16-25-14-18-15-26-23(19-7-5-6-8-21(19)24)20-13-17(11-12-28(2,3)4)9-10-22(20)27(16)18/h5-10,13-14H,15H2,1-4H3. The molecule has 0 saturated carbocycles. The van der Waals surface area contributed by atoms with Gasteiger partial charge in [0, 0.05) is 21.7 Å². The summed E-state index contributed by atoms with van der Waals surface area (Å²) in [7, 11) is -1.46. The lowest BCUT2D eigenvalue weighted by atomic mass is 9.98. The number of imidazole rings is 1. The van der Waals surface area contributed by atoms with Gasteiger partial charge in [0.2, 0.25) is 0 Å². The Balaban J connectivity index is 1.96. The number of rotatable bonds is 1. The van der Waals surface area contributed by atoms with Crippen molar-refractivity contribution in [1.82, 2.24) is 9.55 Å². The first kappa shape index (κ1) is 18.7. The second-order valence-corrected chi connectivity index (χ2v) is 13.2. The fourth-order valence-corrected chi connectivity index (χ4v) is 4.06. The number of aryl methyl sites for hydroxylation is 1. The van der Waals surface area contributed by atoms with Crippen LogP contribution in [0.25, 0.3) is 5.69 Å². The van der Waals surface area contributed by atoms with Gasteiger partial charge in [-0.3, -0.25) is 9.56 Å². The van der Waals surface area contributed by atoms with Crippen LogP contribution in [0.2, 0.25) is 24.7 Å². The third kappa shape index (κ3) is 3.56.